The Kier molecular flexibility index (Phi) is 4.52. The second kappa shape index (κ2) is 6.88. The third-order valence-corrected chi connectivity index (χ3v) is 5.04. The van der Waals surface area contributed by atoms with Crippen molar-refractivity contribution < 1.29 is 23.0 Å². The molecule has 5 nitrogen and oxygen atoms in total. The molecule has 28 heavy (non-hydrogen) atoms. The molecule has 0 radical (unpaired) electrons. The Morgan fingerprint density at radius 3 is 2.57 bits per heavy atom. The van der Waals surface area contributed by atoms with Gasteiger partial charge in [-0.25, -0.2) is 8.78 Å². The highest BCUT2D eigenvalue weighted by molar-refractivity contribution is 5.97. The van der Waals surface area contributed by atoms with Gasteiger partial charge in [0.2, 0.25) is 0 Å². The van der Waals surface area contributed by atoms with E-state index in [1.165, 1.54) is 12.1 Å². The smallest absolute Gasteiger partial charge is 0.270 e. The van der Waals surface area contributed by atoms with Crippen molar-refractivity contribution in [3.8, 4) is 22.9 Å². The van der Waals surface area contributed by atoms with Gasteiger partial charge in [-0.15, -0.1) is 0 Å². The van der Waals surface area contributed by atoms with Crippen molar-refractivity contribution >= 4 is 11.6 Å². The molecule has 4 rings (SSSR count). The van der Waals surface area contributed by atoms with E-state index in [4.69, 9.17) is 9.47 Å². The number of carbonyl (C=O) groups excluding carboxylic acids is 1. The summed E-state index contributed by atoms with van der Waals surface area (Å²) in [5, 5.41) is 12.4. The molecule has 2 heterocycles. The van der Waals surface area contributed by atoms with E-state index in [-0.39, 0.29) is 11.5 Å². The van der Waals surface area contributed by atoms with Crippen LogP contribution in [0.1, 0.15) is 30.0 Å². The number of halogens is 2. The highest BCUT2D eigenvalue weighted by Crippen LogP contribution is 2.43. The van der Waals surface area contributed by atoms with Crippen LogP contribution >= 0.6 is 0 Å². The van der Waals surface area contributed by atoms with Gasteiger partial charge in [-0.1, -0.05) is 24.3 Å². The lowest BCUT2D eigenvalue weighted by Gasteiger charge is -2.25. The molecule has 1 atom stereocenters. The number of nitrogens with one attached hydrogen (secondary N) is 1. The van der Waals surface area contributed by atoms with E-state index >= 15 is 0 Å². The lowest BCUT2D eigenvalue weighted by atomic mass is 9.94. The van der Waals surface area contributed by atoms with E-state index in [1.54, 1.807) is 18.2 Å². The summed E-state index contributed by atoms with van der Waals surface area (Å²) >= 11 is 0. The van der Waals surface area contributed by atoms with Gasteiger partial charge in [0.1, 0.15) is 17.9 Å². The van der Waals surface area contributed by atoms with Crippen LogP contribution in [0.5, 0.6) is 5.75 Å². The third kappa shape index (κ3) is 3.20. The molecule has 1 amide bonds. The lowest BCUT2D eigenvalue weighted by Crippen LogP contribution is -2.39. The number of alkyl halides is 2. The molecule has 2 aromatic carbocycles. The zero-order valence-corrected chi connectivity index (χ0v) is 15.2. The highest BCUT2D eigenvalue weighted by atomic mass is 19.3. The maximum Gasteiger partial charge on any atom is 0.270 e. The summed E-state index contributed by atoms with van der Waals surface area (Å²) in [6.45, 7) is 1.81. The third-order valence-electron chi connectivity index (χ3n) is 5.04. The maximum absolute atomic E-state index is 13.5. The molecule has 0 spiro atoms. The molecule has 0 aliphatic carbocycles. The molecule has 0 saturated carbocycles. The predicted molar refractivity (Wildman–Crippen MR) is 98.3 cm³/mol. The predicted octanol–water partition coefficient (Wildman–Crippen LogP) is 4.00. The molecule has 1 N–H and O–H groups in total. The molecule has 2 aliphatic heterocycles. The molecular weight excluding hydrogens is 366 g/mol. The van der Waals surface area contributed by atoms with Crippen molar-refractivity contribution in [1.82, 2.24) is 0 Å². The van der Waals surface area contributed by atoms with Crippen LogP contribution in [0.15, 0.2) is 30.3 Å². The normalized spacial score (nSPS) is 17.9. The van der Waals surface area contributed by atoms with Gasteiger partial charge < -0.3 is 14.8 Å². The summed E-state index contributed by atoms with van der Waals surface area (Å²) in [7, 11) is 0. The van der Waals surface area contributed by atoms with E-state index < -0.39 is 12.0 Å². The SMILES string of the molecule is CC(F)(F)c1ccc(-c2cc(NC(=O)C3CCO3)c(C#N)c3c2OCC3)cc1. The summed E-state index contributed by atoms with van der Waals surface area (Å²) < 4.78 is 37.9. The Hall–Kier alpha value is -2.98. The second-order valence-corrected chi connectivity index (χ2v) is 6.97. The second-order valence-electron chi connectivity index (χ2n) is 6.97. The van der Waals surface area contributed by atoms with Crippen LogP contribution in [0.4, 0.5) is 14.5 Å². The van der Waals surface area contributed by atoms with E-state index in [1.807, 2.05) is 0 Å². The Morgan fingerprint density at radius 1 is 1.29 bits per heavy atom. The Labute approximate surface area is 160 Å². The first-order valence-electron chi connectivity index (χ1n) is 9.02. The molecule has 144 valence electrons. The van der Waals surface area contributed by atoms with Crippen LogP contribution in [-0.2, 0) is 21.9 Å². The number of anilines is 1. The van der Waals surface area contributed by atoms with Crippen molar-refractivity contribution in [3.05, 3.63) is 47.0 Å². The number of nitriles is 1. The monoisotopic (exact) mass is 384 g/mol. The number of hydrogen-bond acceptors (Lipinski definition) is 4. The Balaban J connectivity index is 1.77. The standard InChI is InChI=1S/C21H18F2N2O3/c1-21(22,23)13-4-2-12(3-5-13)15-10-17(25-20(26)18-7-9-27-18)16(11-24)14-6-8-28-19(14)15/h2-5,10,18H,6-9H2,1H3,(H,25,26). The first kappa shape index (κ1) is 18.4. The van der Waals surface area contributed by atoms with Crippen molar-refractivity contribution in [2.75, 3.05) is 18.5 Å². The van der Waals surface area contributed by atoms with Gasteiger partial charge in [-0.2, -0.15) is 5.26 Å². The van der Waals surface area contributed by atoms with Crippen molar-refractivity contribution in [1.29, 1.82) is 5.26 Å². The molecular formula is C21H18F2N2O3. The van der Waals surface area contributed by atoms with E-state index in [0.29, 0.717) is 54.2 Å². The van der Waals surface area contributed by atoms with Crippen LogP contribution in [0.2, 0.25) is 0 Å². The number of ether oxygens (including phenoxy) is 2. The molecule has 1 fully saturated rings. The number of amides is 1. The molecule has 0 bridgehead atoms. The molecule has 1 unspecified atom stereocenters. The maximum atomic E-state index is 13.5. The van der Waals surface area contributed by atoms with Crippen LogP contribution in [0.25, 0.3) is 11.1 Å². The van der Waals surface area contributed by atoms with Gasteiger partial charge in [0, 0.05) is 36.5 Å². The minimum Gasteiger partial charge on any atom is -0.492 e. The number of rotatable bonds is 4. The van der Waals surface area contributed by atoms with E-state index in [9.17, 15) is 18.8 Å². The molecule has 2 aromatic rings. The molecule has 1 saturated heterocycles. The van der Waals surface area contributed by atoms with Crippen LogP contribution in [0, 0.1) is 11.3 Å². The van der Waals surface area contributed by atoms with Gasteiger partial charge in [-0.05, 0) is 11.6 Å². The minimum absolute atomic E-state index is 0.0851. The first-order valence-corrected chi connectivity index (χ1v) is 9.02. The average molecular weight is 384 g/mol. The summed E-state index contributed by atoms with van der Waals surface area (Å²) in [6, 6.07) is 9.74. The summed E-state index contributed by atoms with van der Waals surface area (Å²) in [5.74, 6) is -2.66. The minimum atomic E-state index is -2.93. The van der Waals surface area contributed by atoms with Crippen molar-refractivity contribution in [3.63, 3.8) is 0 Å². The van der Waals surface area contributed by atoms with Gasteiger partial charge >= 0.3 is 0 Å². The fourth-order valence-electron chi connectivity index (χ4n) is 3.42. The number of fused-ring (bicyclic) bond motifs is 1. The molecule has 0 aromatic heterocycles. The van der Waals surface area contributed by atoms with Crippen LogP contribution in [0.3, 0.4) is 0 Å². The van der Waals surface area contributed by atoms with E-state index in [0.717, 1.165) is 12.5 Å². The fraction of sp³-hybridized carbons (Fsp3) is 0.333. The van der Waals surface area contributed by atoms with Gasteiger partial charge in [-0.3, -0.25) is 4.79 Å². The first-order chi connectivity index (χ1) is 13.4. The Bertz CT molecular complexity index is 971. The molecule has 2 aliphatic rings. The highest BCUT2D eigenvalue weighted by Gasteiger charge is 2.30. The average Bonchev–Trinajstić information content (AvgIpc) is 3.08. The summed E-state index contributed by atoms with van der Waals surface area (Å²) in [6.07, 6.45) is 0.673. The lowest BCUT2D eigenvalue weighted by molar-refractivity contribution is -0.139. The fourth-order valence-corrected chi connectivity index (χ4v) is 3.42. The van der Waals surface area contributed by atoms with Gasteiger partial charge in [0.15, 0.2) is 0 Å². The number of nitrogens with zero attached hydrogens (tertiary/aromatic N) is 1. The van der Waals surface area contributed by atoms with Crippen molar-refractivity contribution in [2.24, 2.45) is 0 Å². The quantitative estimate of drug-likeness (QED) is 0.865. The van der Waals surface area contributed by atoms with Crippen LogP contribution < -0.4 is 10.1 Å². The topological polar surface area (TPSA) is 71.3 Å². The number of hydrogen-bond donors (Lipinski definition) is 1. The summed E-state index contributed by atoms with van der Waals surface area (Å²) in [4.78, 5) is 12.3. The summed E-state index contributed by atoms with van der Waals surface area (Å²) in [5.41, 5.74) is 2.70. The van der Waals surface area contributed by atoms with Crippen LogP contribution in [-0.4, -0.2) is 25.2 Å². The van der Waals surface area contributed by atoms with Gasteiger partial charge in [0.05, 0.1) is 24.5 Å². The Morgan fingerprint density at radius 2 is 2.00 bits per heavy atom. The number of benzene rings is 2. The zero-order chi connectivity index (χ0) is 19.9. The molecule has 7 heteroatoms. The van der Waals surface area contributed by atoms with Crippen molar-refractivity contribution in [2.45, 2.75) is 31.8 Å². The number of carbonyl (C=O) groups is 1. The van der Waals surface area contributed by atoms with Gasteiger partial charge in [0.25, 0.3) is 11.8 Å². The largest absolute Gasteiger partial charge is 0.492 e. The zero-order valence-electron chi connectivity index (χ0n) is 15.2. The van der Waals surface area contributed by atoms with E-state index in [2.05, 4.69) is 11.4 Å².